The van der Waals surface area contributed by atoms with E-state index in [9.17, 15) is 14.4 Å². The molecule has 1 N–H and O–H groups in total. The third-order valence-corrected chi connectivity index (χ3v) is 5.46. The fourth-order valence-corrected chi connectivity index (χ4v) is 3.77. The highest BCUT2D eigenvalue weighted by Crippen LogP contribution is 2.28. The minimum atomic E-state index is -0.452. The van der Waals surface area contributed by atoms with Crippen molar-refractivity contribution in [1.29, 1.82) is 0 Å². The molecule has 3 amide bonds. The zero-order valence-corrected chi connectivity index (χ0v) is 15.3. The van der Waals surface area contributed by atoms with Gasteiger partial charge in [-0.15, -0.1) is 0 Å². The summed E-state index contributed by atoms with van der Waals surface area (Å²) in [5.74, 6) is -0.703. The van der Waals surface area contributed by atoms with E-state index in [0.29, 0.717) is 18.1 Å². The van der Waals surface area contributed by atoms with Crippen LogP contribution < -0.4 is 5.32 Å². The van der Waals surface area contributed by atoms with Gasteiger partial charge in [0.05, 0.1) is 23.0 Å². The van der Waals surface area contributed by atoms with Gasteiger partial charge in [0, 0.05) is 31.2 Å². The molecule has 6 nitrogen and oxygen atoms in total. The number of likely N-dealkylation sites (N-methyl/N-ethyl adjacent to an activating group) is 1. The van der Waals surface area contributed by atoms with Crippen LogP contribution in [0.15, 0.2) is 18.2 Å². The molecule has 2 atom stereocenters. The molecule has 0 aliphatic carbocycles. The first-order valence-corrected chi connectivity index (χ1v) is 8.90. The van der Waals surface area contributed by atoms with Gasteiger partial charge < -0.3 is 15.1 Å². The monoisotopic (exact) mass is 383 g/mol. The lowest BCUT2D eigenvalue weighted by Gasteiger charge is -2.32. The lowest BCUT2D eigenvalue weighted by atomic mass is 9.95. The Morgan fingerprint density at radius 1 is 1.24 bits per heavy atom. The van der Waals surface area contributed by atoms with Gasteiger partial charge >= 0.3 is 0 Å². The van der Waals surface area contributed by atoms with Crippen LogP contribution in [-0.2, 0) is 9.59 Å². The fourth-order valence-electron chi connectivity index (χ4n) is 3.39. The van der Waals surface area contributed by atoms with Crippen LogP contribution >= 0.6 is 23.2 Å². The Kier molecular flexibility index (Phi) is 5.20. The highest BCUT2D eigenvalue weighted by Gasteiger charge is 2.40. The minimum absolute atomic E-state index is 0.0493. The lowest BCUT2D eigenvalue weighted by Crippen LogP contribution is -2.46. The summed E-state index contributed by atoms with van der Waals surface area (Å²) in [5, 5.41) is 3.25. The van der Waals surface area contributed by atoms with E-state index in [1.165, 1.54) is 12.1 Å². The molecular weight excluding hydrogens is 365 g/mol. The molecule has 0 spiro atoms. The Morgan fingerprint density at radius 2 is 2.00 bits per heavy atom. The summed E-state index contributed by atoms with van der Waals surface area (Å²) in [6.45, 7) is 0.774. The molecule has 8 heteroatoms. The van der Waals surface area contributed by atoms with Crippen LogP contribution in [0.4, 0.5) is 0 Å². The second-order valence-corrected chi connectivity index (χ2v) is 7.33. The molecule has 1 aromatic carbocycles. The van der Waals surface area contributed by atoms with Crippen LogP contribution in [0.3, 0.4) is 0 Å². The van der Waals surface area contributed by atoms with Gasteiger partial charge in [0.25, 0.3) is 5.91 Å². The van der Waals surface area contributed by atoms with E-state index in [0.717, 1.165) is 12.8 Å². The number of hydrogen-bond acceptors (Lipinski definition) is 3. The highest BCUT2D eigenvalue weighted by molar-refractivity contribution is 6.35. The van der Waals surface area contributed by atoms with Crippen molar-refractivity contribution >= 4 is 40.9 Å². The predicted molar refractivity (Wildman–Crippen MR) is 94.7 cm³/mol. The van der Waals surface area contributed by atoms with Gasteiger partial charge in [0.15, 0.2) is 0 Å². The van der Waals surface area contributed by atoms with E-state index >= 15 is 0 Å². The molecule has 0 radical (unpaired) electrons. The first-order chi connectivity index (χ1) is 11.9. The topological polar surface area (TPSA) is 69.7 Å². The van der Waals surface area contributed by atoms with Gasteiger partial charge in [-0.2, -0.15) is 0 Å². The average Bonchev–Trinajstić information content (AvgIpc) is 2.88. The van der Waals surface area contributed by atoms with E-state index in [1.54, 1.807) is 22.9 Å². The minimum Gasteiger partial charge on any atom is -0.343 e. The van der Waals surface area contributed by atoms with E-state index in [4.69, 9.17) is 23.2 Å². The van der Waals surface area contributed by atoms with E-state index in [2.05, 4.69) is 5.32 Å². The Labute approximate surface area is 156 Å². The van der Waals surface area contributed by atoms with Gasteiger partial charge in [-0.05, 0) is 31.0 Å². The number of nitrogens with one attached hydrogen (secondary N) is 1. The number of hydrogen-bond donors (Lipinski definition) is 1. The summed E-state index contributed by atoms with van der Waals surface area (Å²) in [7, 11) is 1.79. The normalized spacial score (nSPS) is 22.8. The number of nitrogens with zero attached hydrogens (tertiary/aromatic N) is 2. The van der Waals surface area contributed by atoms with E-state index < -0.39 is 5.91 Å². The number of benzene rings is 1. The molecule has 3 heterocycles. The van der Waals surface area contributed by atoms with Crippen LogP contribution in [0.2, 0.25) is 10.0 Å². The summed E-state index contributed by atoms with van der Waals surface area (Å²) >= 11 is 11.9. The molecule has 25 heavy (non-hydrogen) atoms. The zero-order chi connectivity index (χ0) is 18.1. The maximum atomic E-state index is 12.5. The van der Waals surface area contributed by atoms with Crippen LogP contribution in [0.1, 0.15) is 23.2 Å². The number of carbonyl (C=O) groups is 3. The molecule has 0 unspecified atom stereocenters. The number of rotatable bonds is 3. The van der Waals surface area contributed by atoms with Crippen LogP contribution in [0.25, 0.3) is 0 Å². The van der Waals surface area contributed by atoms with Crippen molar-refractivity contribution in [3.63, 3.8) is 0 Å². The lowest BCUT2D eigenvalue weighted by molar-refractivity contribution is -0.138. The summed E-state index contributed by atoms with van der Waals surface area (Å²) < 4.78 is 0. The molecule has 3 aliphatic heterocycles. The largest absolute Gasteiger partial charge is 0.343 e. The summed E-state index contributed by atoms with van der Waals surface area (Å²) in [6.07, 6.45) is 1.71. The van der Waals surface area contributed by atoms with Crippen molar-refractivity contribution < 1.29 is 14.4 Å². The molecule has 2 bridgehead atoms. The molecular formula is C17H19Cl2N3O3. The quantitative estimate of drug-likeness (QED) is 0.864. The third-order valence-electron chi connectivity index (χ3n) is 4.89. The molecule has 134 valence electrons. The Balaban J connectivity index is 1.62. The van der Waals surface area contributed by atoms with Gasteiger partial charge in [0.1, 0.15) is 0 Å². The van der Waals surface area contributed by atoms with Gasteiger partial charge in [-0.25, -0.2) is 0 Å². The van der Waals surface area contributed by atoms with Gasteiger partial charge in [-0.1, -0.05) is 23.2 Å². The first-order valence-electron chi connectivity index (χ1n) is 8.14. The summed E-state index contributed by atoms with van der Waals surface area (Å²) in [5.41, 5.74) is 0.229. The van der Waals surface area contributed by atoms with Gasteiger partial charge in [0.2, 0.25) is 11.8 Å². The van der Waals surface area contributed by atoms with Crippen molar-refractivity contribution in [3.05, 3.63) is 33.8 Å². The number of carbonyl (C=O) groups excluding carboxylic acids is 3. The molecule has 0 aromatic heterocycles. The first kappa shape index (κ1) is 18.0. The van der Waals surface area contributed by atoms with Crippen LogP contribution in [0.5, 0.6) is 0 Å². The second kappa shape index (κ2) is 7.22. The summed E-state index contributed by atoms with van der Waals surface area (Å²) in [6, 6.07) is 4.64. The second-order valence-electron chi connectivity index (χ2n) is 6.48. The van der Waals surface area contributed by atoms with Gasteiger partial charge in [-0.3, -0.25) is 14.4 Å². The molecule has 0 saturated carbocycles. The van der Waals surface area contributed by atoms with E-state index in [1.807, 2.05) is 0 Å². The standard InChI is InChI=1S/C17H19Cl2N3O3/c1-21-12-4-2-10(17(21)25)8-22(9-12)15(23)7-20-16(24)13-6-11(18)3-5-14(13)19/h3,5-6,10,12H,2,4,7-9H2,1H3,(H,20,24)/t10-,12+/m1/s1. The highest BCUT2D eigenvalue weighted by atomic mass is 35.5. The van der Waals surface area contributed by atoms with Crippen molar-refractivity contribution in [2.24, 2.45) is 5.92 Å². The predicted octanol–water partition coefficient (Wildman–Crippen LogP) is 1.80. The maximum absolute atomic E-state index is 12.5. The number of halogens is 2. The van der Waals surface area contributed by atoms with Crippen LogP contribution in [-0.4, -0.2) is 60.2 Å². The van der Waals surface area contributed by atoms with Crippen molar-refractivity contribution in [3.8, 4) is 0 Å². The smallest absolute Gasteiger partial charge is 0.253 e. The molecule has 3 saturated heterocycles. The van der Waals surface area contributed by atoms with E-state index in [-0.39, 0.29) is 40.9 Å². The molecule has 4 rings (SSSR count). The fraction of sp³-hybridized carbons (Fsp3) is 0.471. The summed E-state index contributed by atoms with van der Waals surface area (Å²) in [4.78, 5) is 40.3. The van der Waals surface area contributed by atoms with Crippen molar-refractivity contribution in [2.75, 3.05) is 26.7 Å². The number of amides is 3. The third kappa shape index (κ3) is 3.75. The SMILES string of the molecule is CN1C(=O)[C@@H]2CC[C@H]1CN(C(=O)CNC(=O)c1cc(Cl)ccc1Cl)C2. The molecule has 3 aliphatic rings. The molecule has 1 aromatic rings. The average molecular weight is 384 g/mol. The zero-order valence-electron chi connectivity index (χ0n) is 13.8. The van der Waals surface area contributed by atoms with Crippen molar-refractivity contribution in [2.45, 2.75) is 18.9 Å². The maximum Gasteiger partial charge on any atom is 0.253 e. The Hall–Kier alpha value is -1.79. The van der Waals surface area contributed by atoms with Crippen molar-refractivity contribution in [1.82, 2.24) is 15.1 Å². The number of fused-ring (bicyclic) bond motifs is 4. The number of piperidine rings is 1. The van der Waals surface area contributed by atoms with Crippen LogP contribution in [0, 0.1) is 5.92 Å². The Morgan fingerprint density at radius 3 is 2.76 bits per heavy atom. The molecule has 3 fully saturated rings. The Bertz CT molecular complexity index is 725.